The van der Waals surface area contributed by atoms with E-state index >= 15 is 0 Å². The van der Waals surface area contributed by atoms with Crippen LogP contribution in [0.2, 0.25) is 0 Å². The molecule has 26 heavy (non-hydrogen) atoms. The third-order valence-corrected chi connectivity index (χ3v) is 4.28. The molecule has 1 N–H and O–H groups in total. The molecule has 1 heterocycles. The third kappa shape index (κ3) is 5.55. The molecule has 0 amide bonds. The molecule has 1 aromatic heterocycles. The topological polar surface area (TPSA) is 36.6 Å². The number of hydrogen-bond acceptors (Lipinski definition) is 3. The van der Waals surface area contributed by atoms with Crippen molar-refractivity contribution >= 4 is 0 Å². The molecule has 3 rings (SSSR count). The molecule has 0 bridgehead atoms. The summed E-state index contributed by atoms with van der Waals surface area (Å²) in [5, 5.41) is 10.5. The summed E-state index contributed by atoms with van der Waals surface area (Å²) in [7, 11) is 0. The highest BCUT2D eigenvalue weighted by molar-refractivity contribution is 5.17. The van der Waals surface area contributed by atoms with Gasteiger partial charge in [-0.3, -0.25) is 4.90 Å². The van der Waals surface area contributed by atoms with Crippen LogP contribution in [0.4, 0.5) is 4.39 Å². The first-order valence-corrected chi connectivity index (χ1v) is 8.82. The Kier molecular flexibility index (Phi) is 6.21. The fourth-order valence-electron chi connectivity index (χ4n) is 3.07. The van der Waals surface area contributed by atoms with Crippen molar-refractivity contribution < 1.29 is 13.9 Å². The van der Waals surface area contributed by atoms with Crippen LogP contribution >= 0.6 is 0 Å². The SMILES string of the molecule is Cc1ccc(CN(Cc2ccc(F)cc2)C[C@H](O)Cc2ccccc2)o1. The number of aryl methyl sites for hydroxylation is 1. The van der Waals surface area contributed by atoms with E-state index in [-0.39, 0.29) is 5.82 Å². The highest BCUT2D eigenvalue weighted by Crippen LogP contribution is 2.15. The molecule has 3 aromatic rings. The lowest BCUT2D eigenvalue weighted by Crippen LogP contribution is -2.32. The molecule has 2 aromatic carbocycles. The summed E-state index contributed by atoms with van der Waals surface area (Å²) in [6.07, 6.45) is 0.103. The van der Waals surface area contributed by atoms with Crippen molar-refractivity contribution in [2.24, 2.45) is 0 Å². The minimum Gasteiger partial charge on any atom is -0.465 e. The molecule has 3 nitrogen and oxygen atoms in total. The molecule has 136 valence electrons. The van der Waals surface area contributed by atoms with E-state index in [0.29, 0.717) is 26.1 Å². The largest absolute Gasteiger partial charge is 0.465 e. The maximum atomic E-state index is 13.2. The van der Waals surface area contributed by atoms with Crippen molar-refractivity contribution in [2.75, 3.05) is 6.54 Å². The number of aliphatic hydroxyl groups excluding tert-OH is 1. The first-order valence-electron chi connectivity index (χ1n) is 8.82. The Morgan fingerprint density at radius 1 is 0.923 bits per heavy atom. The molecule has 1 atom stereocenters. The molecule has 0 radical (unpaired) electrons. The molecule has 0 fully saturated rings. The predicted octanol–water partition coefficient (Wildman–Crippen LogP) is 4.33. The fraction of sp³-hybridized carbons (Fsp3) is 0.273. The van der Waals surface area contributed by atoms with Gasteiger partial charge >= 0.3 is 0 Å². The van der Waals surface area contributed by atoms with Gasteiger partial charge in [-0.15, -0.1) is 0 Å². The highest BCUT2D eigenvalue weighted by atomic mass is 19.1. The van der Waals surface area contributed by atoms with Gasteiger partial charge in [-0.2, -0.15) is 0 Å². The van der Waals surface area contributed by atoms with Gasteiger partial charge in [-0.25, -0.2) is 4.39 Å². The first-order chi connectivity index (χ1) is 12.6. The van der Waals surface area contributed by atoms with Gasteiger partial charge in [0.05, 0.1) is 12.6 Å². The van der Waals surface area contributed by atoms with Gasteiger partial charge in [-0.1, -0.05) is 42.5 Å². The minimum atomic E-state index is -0.492. The smallest absolute Gasteiger partial charge is 0.123 e. The number of rotatable bonds is 8. The molecule has 0 saturated heterocycles. The molecular weight excluding hydrogens is 329 g/mol. The number of aliphatic hydroxyl groups is 1. The number of hydrogen-bond donors (Lipinski definition) is 1. The normalized spacial score (nSPS) is 12.5. The van der Waals surface area contributed by atoms with Crippen molar-refractivity contribution in [3.63, 3.8) is 0 Å². The average molecular weight is 353 g/mol. The van der Waals surface area contributed by atoms with E-state index in [4.69, 9.17) is 4.42 Å². The van der Waals surface area contributed by atoms with Crippen LogP contribution in [0, 0.1) is 12.7 Å². The standard InChI is InChI=1S/C22H24FNO2/c1-17-7-12-22(26-17)16-24(14-19-8-10-20(23)11-9-19)15-21(25)13-18-5-3-2-4-6-18/h2-12,21,25H,13-16H2,1H3/t21-/m1/s1. The van der Waals surface area contributed by atoms with Gasteiger partial charge in [0.1, 0.15) is 17.3 Å². The second-order valence-electron chi connectivity index (χ2n) is 6.65. The van der Waals surface area contributed by atoms with Crippen LogP contribution in [-0.4, -0.2) is 22.7 Å². The van der Waals surface area contributed by atoms with E-state index in [2.05, 4.69) is 4.90 Å². The Balaban J connectivity index is 1.67. The summed E-state index contributed by atoms with van der Waals surface area (Å²) in [6, 6.07) is 20.3. The number of benzene rings is 2. The second-order valence-corrected chi connectivity index (χ2v) is 6.65. The van der Waals surface area contributed by atoms with E-state index < -0.39 is 6.10 Å². The van der Waals surface area contributed by atoms with Crippen LogP contribution in [0.5, 0.6) is 0 Å². The summed E-state index contributed by atoms with van der Waals surface area (Å²) >= 11 is 0. The Hall–Kier alpha value is -2.43. The summed E-state index contributed by atoms with van der Waals surface area (Å²) < 4.78 is 18.8. The minimum absolute atomic E-state index is 0.244. The predicted molar refractivity (Wildman–Crippen MR) is 100 cm³/mol. The van der Waals surface area contributed by atoms with Crippen molar-refractivity contribution in [3.8, 4) is 0 Å². The van der Waals surface area contributed by atoms with Crippen LogP contribution in [-0.2, 0) is 19.5 Å². The quantitative estimate of drug-likeness (QED) is 0.655. The average Bonchev–Trinajstić information content (AvgIpc) is 3.02. The van der Waals surface area contributed by atoms with Gasteiger partial charge in [-0.05, 0) is 48.7 Å². The van der Waals surface area contributed by atoms with Crippen LogP contribution in [0.3, 0.4) is 0 Å². The van der Waals surface area contributed by atoms with Gasteiger partial charge in [0.25, 0.3) is 0 Å². The number of nitrogens with zero attached hydrogens (tertiary/aromatic N) is 1. The van der Waals surface area contributed by atoms with Crippen LogP contribution in [0.1, 0.15) is 22.6 Å². The van der Waals surface area contributed by atoms with Gasteiger partial charge < -0.3 is 9.52 Å². The third-order valence-electron chi connectivity index (χ3n) is 4.28. The first kappa shape index (κ1) is 18.4. The van der Waals surface area contributed by atoms with E-state index in [9.17, 15) is 9.50 Å². The summed E-state index contributed by atoms with van der Waals surface area (Å²) in [6.45, 7) is 3.63. The maximum Gasteiger partial charge on any atom is 0.123 e. The van der Waals surface area contributed by atoms with E-state index in [1.165, 1.54) is 12.1 Å². The fourth-order valence-corrected chi connectivity index (χ4v) is 3.07. The Labute approximate surface area is 153 Å². The molecule has 0 spiro atoms. The van der Waals surface area contributed by atoms with Crippen LogP contribution in [0.15, 0.2) is 71.1 Å². The second kappa shape index (κ2) is 8.79. The zero-order valence-corrected chi connectivity index (χ0v) is 14.9. The van der Waals surface area contributed by atoms with Crippen LogP contribution in [0.25, 0.3) is 0 Å². The molecule has 0 saturated carbocycles. The van der Waals surface area contributed by atoms with Crippen LogP contribution < -0.4 is 0 Å². The highest BCUT2D eigenvalue weighted by Gasteiger charge is 2.15. The lowest BCUT2D eigenvalue weighted by molar-refractivity contribution is 0.100. The van der Waals surface area contributed by atoms with E-state index in [0.717, 1.165) is 22.6 Å². The molecule has 4 heteroatoms. The van der Waals surface area contributed by atoms with Gasteiger partial charge in [0.2, 0.25) is 0 Å². The number of furan rings is 1. The zero-order chi connectivity index (χ0) is 18.4. The maximum absolute atomic E-state index is 13.2. The lowest BCUT2D eigenvalue weighted by Gasteiger charge is -2.24. The summed E-state index contributed by atoms with van der Waals surface area (Å²) in [5.74, 6) is 1.48. The summed E-state index contributed by atoms with van der Waals surface area (Å²) in [5.41, 5.74) is 2.11. The Bertz CT molecular complexity index is 799. The Morgan fingerprint density at radius 3 is 2.31 bits per heavy atom. The molecule has 0 aliphatic carbocycles. The van der Waals surface area contributed by atoms with Crippen molar-refractivity contribution in [2.45, 2.75) is 32.5 Å². The Morgan fingerprint density at radius 2 is 1.65 bits per heavy atom. The van der Waals surface area contributed by atoms with Crippen molar-refractivity contribution in [1.29, 1.82) is 0 Å². The van der Waals surface area contributed by atoms with Crippen molar-refractivity contribution in [3.05, 3.63) is 95.2 Å². The van der Waals surface area contributed by atoms with Gasteiger partial charge in [0, 0.05) is 13.1 Å². The van der Waals surface area contributed by atoms with E-state index in [1.54, 1.807) is 12.1 Å². The van der Waals surface area contributed by atoms with E-state index in [1.807, 2.05) is 49.4 Å². The molecule has 0 aliphatic heterocycles. The monoisotopic (exact) mass is 353 g/mol. The molecular formula is C22H24FNO2. The molecule has 0 unspecified atom stereocenters. The van der Waals surface area contributed by atoms with Gasteiger partial charge in [0.15, 0.2) is 0 Å². The lowest BCUT2D eigenvalue weighted by atomic mass is 10.1. The number of halogens is 1. The summed E-state index contributed by atoms with van der Waals surface area (Å²) in [4.78, 5) is 2.12. The zero-order valence-electron chi connectivity index (χ0n) is 14.9. The molecule has 0 aliphatic rings. The van der Waals surface area contributed by atoms with Crippen molar-refractivity contribution in [1.82, 2.24) is 4.90 Å².